The first-order valence-electron chi connectivity index (χ1n) is 5.21. The van der Waals surface area contributed by atoms with Crippen LogP contribution >= 0.6 is 31.9 Å². The van der Waals surface area contributed by atoms with E-state index >= 15 is 0 Å². The van der Waals surface area contributed by atoms with Gasteiger partial charge in [-0.15, -0.1) is 10.2 Å². The molecule has 0 saturated carbocycles. The van der Waals surface area contributed by atoms with Crippen LogP contribution in [0.1, 0.15) is 0 Å². The fourth-order valence-electron chi connectivity index (χ4n) is 1.73. The van der Waals surface area contributed by atoms with Crippen molar-refractivity contribution in [2.75, 3.05) is 5.73 Å². The van der Waals surface area contributed by atoms with E-state index in [0.29, 0.717) is 5.69 Å². The van der Waals surface area contributed by atoms with Crippen LogP contribution in [-0.4, -0.2) is 14.6 Å². The highest BCUT2D eigenvalue weighted by atomic mass is 79.9. The number of pyridine rings is 1. The van der Waals surface area contributed by atoms with E-state index in [1.165, 1.54) is 0 Å². The van der Waals surface area contributed by atoms with E-state index in [1.807, 2.05) is 40.9 Å². The average molecular weight is 368 g/mol. The quantitative estimate of drug-likeness (QED) is 0.669. The minimum atomic E-state index is 0.703. The van der Waals surface area contributed by atoms with E-state index < -0.39 is 0 Å². The second-order valence-electron chi connectivity index (χ2n) is 3.84. The van der Waals surface area contributed by atoms with Crippen LogP contribution in [0.15, 0.2) is 45.5 Å². The Morgan fingerprint density at radius 3 is 2.67 bits per heavy atom. The van der Waals surface area contributed by atoms with Gasteiger partial charge in [0.25, 0.3) is 0 Å². The second-order valence-corrected chi connectivity index (χ2v) is 5.61. The highest BCUT2D eigenvalue weighted by Gasteiger charge is 2.09. The Labute approximate surface area is 120 Å². The Kier molecular flexibility index (Phi) is 2.83. The van der Waals surface area contributed by atoms with E-state index in [-0.39, 0.29) is 0 Å². The molecule has 0 radical (unpaired) electrons. The number of hydrogen-bond acceptors (Lipinski definition) is 3. The molecule has 0 fully saturated rings. The van der Waals surface area contributed by atoms with Crippen molar-refractivity contribution in [3.8, 4) is 11.4 Å². The summed E-state index contributed by atoms with van der Waals surface area (Å²) in [5.74, 6) is 0.784. The van der Waals surface area contributed by atoms with Crippen LogP contribution in [0, 0.1) is 0 Å². The number of aromatic nitrogens is 3. The van der Waals surface area contributed by atoms with Crippen LogP contribution in [0.25, 0.3) is 17.0 Å². The molecule has 2 heterocycles. The standard InChI is InChI=1S/C12H8Br2N4/c13-8-2-4-11-16-17-12(18(11)6-8)7-1-3-10(15)9(14)5-7/h1-6H,15H2. The molecule has 0 atom stereocenters. The molecule has 3 aromatic rings. The number of nitrogen functional groups attached to an aromatic ring is 1. The van der Waals surface area contributed by atoms with Crippen molar-refractivity contribution in [3.63, 3.8) is 0 Å². The number of hydrogen-bond donors (Lipinski definition) is 1. The number of benzene rings is 1. The van der Waals surface area contributed by atoms with Gasteiger partial charge in [-0.2, -0.15) is 0 Å². The van der Waals surface area contributed by atoms with Gasteiger partial charge < -0.3 is 5.73 Å². The van der Waals surface area contributed by atoms with Crippen LogP contribution in [-0.2, 0) is 0 Å². The van der Waals surface area contributed by atoms with Crippen LogP contribution in [0.2, 0.25) is 0 Å². The summed E-state index contributed by atoms with van der Waals surface area (Å²) in [6.07, 6.45) is 1.94. The third kappa shape index (κ3) is 1.91. The van der Waals surface area contributed by atoms with Crippen LogP contribution in [0.4, 0.5) is 5.69 Å². The zero-order valence-corrected chi connectivity index (χ0v) is 12.3. The Morgan fingerprint density at radius 1 is 1.06 bits per heavy atom. The average Bonchev–Trinajstić information content (AvgIpc) is 2.75. The lowest BCUT2D eigenvalue weighted by atomic mass is 10.2. The van der Waals surface area contributed by atoms with Gasteiger partial charge in [0.2, 0.25) is 0 Å². The maximum absolute atomic E-state index is 5.78. The molecule has 1 aromatic carbocycles. The predicted molar refractivity (Wildman–Crippen MR) is 78.2 cm³/mol. The van der Waals surface area contributed by atoms with E-state index in [9.17, 15) is 0 Å². The fraction of sp³-hybridized carbons (Fsp3) is 0. The normalized spacial score (nSPS) is 11.0. The number of anilines is 1. The van der Waals surface area contributed by atoms with Gasteiger partial charge in [0, 0.05) is 26.4 Å². The first-order chi connectivity index (χ1) is 8.65. The molecule has 0 aliphatic carbocycles. The first kappa shape index (κ1) is 11.7. The van der Waals surface area contributed by atoms with Crippen molar-refractivity contribution in [1.82, 2.24) is 14.6 Å². The maximum atomic E-state index is 5.78. The lowest BCUT2D eigenvalue weighted by Gasteiger charge is -2.03. The molecule has 2 aromatic heterocycles. The summed E-state index contributed by atoms with van der Waals surface area (Å²) >= 11 is 6.86. The molecular formula is C12H8Br2N4. The van der Waals surface area contributed by atoms with Gasteiger partial charge in [-0.05, 0) is 62.2 Å². The fourth-order valence-corrected chi connectivity index (χ4v) is 2.44. The Hall–Kier alpha value is -1.40. The van der Waals surface area contributed by atoms with Gasteiger partial charge >= 0.3 is 0 Å². The molecule has 0 unspecified atom stereocenters. The zero-order chi connectivity index (χ0) is 12.7. The smallest absolute Gasteiger partial charge is 0.168 e. The molecule has 2 N–H and O–H groups in total. The molecule has 4 nitrogen and oxygen atoms in total. The van der Waals surface area contributed by atoms with Crippen molar-refractivity contribution < 1.29 is 0 Å². The Morgan fingerprint density at radius 2 is 1.89 bits per heavy atom. The molecule has 90 valence electrons. The summed E-state index contributed by atoms with van der Waals surface area (Å²) in [4.78, 5) is 0. The third-order valence-corrected chi connectivity index (χ3v) is 3.78. The van der Waals surface area contributed by atoms with E-state index in [1.54, 1.807) is 0 Å². The van der Waals surface area contributed by atoms with E-state index in [2.05, 4.69) is 42.1 Å². The zero-order valence-electron chi connectivity index (χ0n) is 9.14. The molecule has 0 aliphatic rings. The van der Waals surface area contributed by atoms with Crippen LogP contribution < -0.4 is 5.73 Å². The molecular weight excluding hydrogens is 360 g/mol. The highest BCUT2D eigenvalue weighted by Crippen LogP contribution is 2.27. The van der Waals surface area contributed by atoms with E-state index in [0.717, 1.165) is 26.0 Å². The summed E-state index contributed by atoms with van der Waals surface area (Å²) in [6, 6.07) is 9.56. The van der Waals surface area contributed by atoms with Crippen molar-refractivity contribution in [2.45, 2.75) is 0 Å². The topological polar surface area (TPSA) is 56.2 Å². The summed E-state index contributed by atoms with van der Waals surface area (Å²) in [7, 11) is 0. The lowest BCUT2D eigenvalue weighted by molar-refractivity contribution is 1.11. The van der Waals surface area contributed by atoms with Crippen molar-refractivity contribution in [2.24, 2.45) is 0 Å². The Bertz CT molecular complexity index is 736. The maximum Gasteiger partial charge on any atom is 0.168 e. The molecule has 0 amide bonds. The van der Waals surface area contributed by atoms with Gasteiger partial charge in [-0.3, -0.25) is 4.40 Å². The van der Waals surface area contributed by atoms with Gasteiger partial charge in [0.15, 0.2) is 11.5 Å². The molecule has 3 rings (SSSR count). The summed E-state index contributed by atoms with van der Waals surface area (Å²) in [5.41, 5.74) is 8.25. The number of nitrogens with two attached hydrogens (primary N) is 1. The number of nitrogens with zero attached hydrogens (tertiary/aromatic N) is 3. The molecule has 0 bridgehead atoms. The van der Waals surface area contributed by atoms with E-state index in [4.69, 9.17) is 5.73 Å². The summed E-state index contributed by atoms with van der Waals surface area (Å²) < 4.78 is 3.76. The number of rotatable bonds is 1. The predicted octanol–water partition coefficient (Wildman–Crippen LogP) is 3.50. The van der Waals surface area contributed by atoms with Crippen molar-refractivity contribution >= 4 is 43.2 Å². The van der Waals surface area contributed by atoms with Gasteiger partial charge in [-0.1, -0.05) is 0 Å². The summed E-state index contributed by atoms with van der Waals surface area (Å²) in [6.45, 7) is 0. The summed E-state index contributed by atoms with van der Waals surface area (Å²) in [5, 5.41) is 8.34. The number of halogens is 2. The molecule has 0 saturated heterocycles. The van der Waals surface area contributed by atoms with Gasteiger partial charge in [0.1, 0.15) is 0 Å². The van der Waals surface area contributed by atoms with Gasteiger partial charge in [-0.25, -0.2) is 0 Å². The van der Waals surface area contributed by atoms with Crippen LogP contribution in [0.3, 0.4) is 0 Å². The Balaban J connectivity index is 2.24. The van der Waals surface area contributed by atoms with Crippen molar-refractivity contribution in [1.29, 1.82) is 0 Å². The van der Waals surface area contributed by atoms with Gasteiger partial charge in [0.05, 0.1) is 0 Å². The van der Waals surface area contributed by atoms with Crippen LogP contribution in [0.5, 0.6) is 0 Å². The molecule has 18 heavy (non-hydrogen) atoms. The minimum absolute atomic E-state index is 0.703. The highest BCUT2D eigenvalue weighted by molar-refractivity contribution is 9.10. The molecule has 0 aliphatic heterocycles. The lowest BCUT2D eigenvalue weighted by Crippen LogP contribution is -1.91. The molecule has 0 spiro atoms. The SMILES string of the molecule is Nc1ccc(-c2nnc3ccc(Br)cn23)cc1Br. The second kappa shape index (κ2) is 4.37. The largest absolute Gasteiger partial charge is 0.398 e. The monoisotopic (exact) mass is 366 g/mol. The first-order valence-corrected chi connectivity index (χ1v) is 6.79. The minimum Gasteiger partial charge on any atom is -0.398 e. The number of fused-ring (bicyclic) bond motifs is 1. The third-order valence-electron chi connectivity index (χ3n) is 2.62. The molecule has 6 heteroatoms. The van der Waals surface area contributed by atoms with Crippen molar-refractivity contribution in [3.05, 3.63) is 45.5 Å².